The van der Waals surface area contributed by atoms with Gasteiger partial charge in [-0.25, -0.2) is 0 Å². The number of phenolic OH excluding ortho intramolecular Hbond substituents is 1. The molecule has 0 heterocycles. The molecule has 0 aliphatic heterocycles. The molecule has 2 aromatic rings. The first kappa shape index (κ1) is 19.2. The van der Waals surface area contributed by atoms with E-state index in [0.29, 0.717) is 12.2 Å². The zero-order valence-electron chi connectivity index (χ0n) is 15.8. The summed E-state index contributed by atoms with van der Waals surface area (Å²) in [6, 6.07) is 14.0. The van der Waals surface area contributed by atoms with Gasteiger partial charge in [-0.2, -0.15) is 0 Å². The summed E-state index contributed by atoms with van der Waals surface area (Å²) >= 11 is 0. The summed E-state index contributed by atoms with van der Waals surface area (Å²) in [5, 5.41) is 23.7. The number of rotatable bonds is 5. The summed E-state index contributed by atoms with van der Waals surface area (Å²) < 4.78 is 5.91. The van der Waals surface area contributed by atoms with Gasteiger partial charge < -0.3 is 20.3 Å². The Balaban J connectivity index is 1.69. The number of aliphatic hydroxyl groups is 1. The Hall–Kier alpha value is -2.53. The molecule has 1 amide bonds. The number of hydrogen-bond donors (Lipinski definition) is 3. The summed E-state index contributed by atoms with van der Waals surface area (Å²) in [6.45, 7) is 4.06. The predicted octanol–water partition coefficient (Wildman–Crippen LogP) is 3.61. The lowest BCUT2D eigenvalue weighted by atomic mass is 9.89. The molecule has 27 heavy (non-hydrogen) atoms. The number of amides is 1. The van der Waals surface area contributed by atoms with Gasteiger partial charge in [-0.05, 0) is 55.0 Å². The second-order valence-corrected chi connectivity index (χ2v) is 7.40. The Morgan fingerprint density at radius 1 is 1.15 bits per heavy atom. The van der Waals surface area contributed by atoms with Gasteiger partial charge in [0.2, 0.25) is 0 Å². The molecule has 0 saturated heterocycles. The van der Waals surface area contributed by atoms with Crippen molar-refractivity contribution < 1.29 is 19.7 Å². The van der Waals surface area contributed by atoms with Gasteiger partial charge in [0.25, 0.3) is 5.91 Å². The number of aliphatic hydroxyl groups excluding tert-OH is 1. The van der Waals surface area contributed by atoms with Gasteiger partial charge in [0.15, 0.2) is 0 Å². The summed E-state index contributed by atoms with van der Waals surface area (Å²) in [5.41, 5.74) is 1.21. The lowest BCUT2D eigenvalue weighted by molar-refractivity contribution is -0.0140. The van der Waals surface area contributed by atoms with E-state index >= 15 is 0 Å². The molecule has 144 valence electrons. The first-order chi connectivity index (χ1) is 13.0. The van der Waals surface area contributed by atoms with Crippen LogP contribution in [0.5, 0.6) is 11.5 Å². The molecule has 0 spiro atoms. The zero-order valence-corrected chi connectivity index (χ0v) is 15.8. The lowest BCUT2D eigenvalue weighted by Gasteiger charge is -2.35. The third-order valence-corrected chi connectivity index (χ3v) is 5.08. The minimum Gasteiger partial charge on any atom is -0.507 e. The van der Waals surface area contributed by atoms with E-state index < -0.39 is 12.1 Å². The highest BCUT2D eigenvalue weighted by Gasteiger charge is 2.34. The molecule has 3 atom stereocenters. The van der Waals surface area contributed by atoms with Crippen molar-refractivity contribution in [2.24, 2.45) is 0 Å². The maximum Gasteiger partial charge on any atom is 0.255 e. The minimum absolute atomic E-state index is 0.0562. The van der Waals surface area contributed by atoms with E-state index in [1.54, 1.807) is 12.1 Å². The first-order valence-electron chi connectivity index (χ1n) is 9.49. The molecule has 1 fully saturated rings. The lowest BCUT2D eigenvalue weighted by Crippen LogP contribution is -2.52. The summed E-state index contributed by atoms with van der Waals surface area (Å²) in [4.78, 5) is 12.7. The Morgan fingerprint density at radius 2 is 1.89 bits per heavy atom. The molecule has 0 bridgehead atoms. The van der Waals surface area contributed by atoms with Crippen LogP contribution in [-0.4, -0.2) is 34.4 Å². The highest BCUT2D eigenvalue weighted by Crippen LogP contribution is 2.26. The molecule has 2 aromatic carbocycles. The summed E-state index contributed by atoms with van der Waals surface area (Å²) in [7, 11) is 0. The van der Waals surface area contributed by atoms with Crippen molar-refractivity contribution in [1.29, 1.82) is 0 Å². The maximum atomic E-state index is 12.7. The Kier molecular flexibility index (Phi) is 6.01. The average Bonchev–Trinajstić information content (AvgIpc) is 2.66. The largest absolute Gasteiger partial charge is 0.507 e. The second-order valence-electron chi connectivity index (χ2n) is 7.40. The van der Waals surface area contributed by atoms with Crippen molar-refractivity contribution in [1.82, 2.24) is 5.32 Å². The number of ether oxygens (including phenoxy) is 1. The van der Waals surface area contributed by atoms with Crippen LogP contribution in [0.25, 0.3) is 0 Å². The Morgan fingerprint density at radius 3 is 2.59 bits per heavy atom. The van der Waals surface area contributed by atoms with Crippen LogP contribution < -0.4 is 10.1 Å². The minimum atomic E-state index is -0.807. The van der Waals surface area contributed by atoms with E-state index in [9.17, 15) is 15.0 Å². The molecule has 0 unspecified atom stereocenters. The maximum absolute atomic E-state index is 12.7. The van der Waals surface area contributed by atoms with Crippen molar-refractivity contribution >= 4 is 5.91 Å². The van der Waals surface area contributed by atoms with Crippen LogP contribution in [0.3, 0.4) is 0 Å². The van der Waals surface area contributed by atoms with Gasteiger partial charge in [-0.3, -0.25) is 4.79 Å². The monoisotopic (exact) mass is 369 g/mol. The van der Waals surface area contributed by atoms with Crippen LogP contribution in [0.2, 0.25) is 0 Å². The number of para-hydroxylation sites is 1. The van der Waals surface area contributed by atoms with E-state index in [1.165, 1.54) is 0 Å². The number of aromatic hydroxyl groups is 1. The quantitative estimate of drug-likeness (QED) is 0.752. The highest BCUT2D eigenvalue weighted by molar-refractivity contribution is 5.97. The van der Waals surface area contributed by atoms with Gasteiger partial charge in [0, 0.05) is 0 Å². The molecule has 3 N–H and O–H groups in total. The van der Waals surface area contributed by atoms with Gasteiger partial charge in [0.05, 0.1) is 11.6 Å². The number of hydrogen-bond acceptors (Lipinski definition) is 4. The molecule has 1 saturated carbocycles. The van der Waals surface area contributed by atoms with Crippen LogP contribution in [0.4, 0.5) is 0 Å². The zero-order chi connectivity index (χ0) is 19.4. The molecular weight excluding hydrogens is 342 g/mol. The number of benzene rings is 2. The number of carbonyl (C=O) groups excluding carboxylic acids is 1. The van der Waals surface area contributed by atoms with Gasteiger partial charge in [0.1, 0.15) is 23.7 Å². The average molecular weight is 369 g/mol. The van der Waals surface area contributed by atoms with E-state index in [-0.39, 0.29) is 29.2 Å². The standard InChI is InChI=1S/C22H27NO4/c1-14(2)15-11-12-19(24)17(13-15)22(26)23-18-9-6-10-20(21(18)25)27-16-7-4-3-5-8-16/h3-5,7-8,11-14,18,20-21,24-25H,6,9-10H2,1-2H3,(H,23,26)/t18-,20-,21-/m1/s1. The van der Waals surface area contributed by atoms with Crippen molar-refractivity contribution in [3.63, 3.8) is 0 Å². The summed E-state index contributed by atoms with van der Waals surface area (Å²) in [5.74, 6) is 0.524. The smallest absolute Gasteiger partial charge is 0.255 e. The van der Waals surface area contributed by atoms with Crippen molar-refractivity contribution in [2.75, 3.05) is 0 Å². The van der Waals surface area contributed by atoms with Crippen molar-refractivity contribution in [3.8, 4) is 11.5 Å². The van der Waals surface area contributed by atoms with Crippen molar-refractivity contribution in [2.45, 2.75) is 57.3 Å². The number of phenols is 1. The van der Waals surface area contributed by atoms with Gasteiger partial charge in [-0.15, -0.1) is 0 Å². The first-order valence-corrected chi connectivity index (χ1v) is 9.49. The Bertz CT molecular complexity index is 775. The molecule has 0 aromatic heterocycles. The van der Waals surface area contributed by atoms with Crippen LogP contribution in [0.15, 0.2) is 48.5 Å². The van der Waals surface area contributed by atoms with E-state index in [2.05, 4.69) is 5.32 Å². The molecule has 3 rings (SSSR count). The van der Waals surface area contributed by atoms with Gasteiger partial charge in [-0.1, -0.05) is 38.1 Å². The van der Waals surface area contributed by atoms with E-state index in [0.717, 1.165) is 18.4 Å². The SMILES string of the molecule is CC(C)c1ccc(O)c(C(=O)N[C@@H]2CCC[C@@H](Oc3ccccc3)[C@@H]2O)c1. The third-order valence-electron chi connectivity index (χ3n) is 5.08. The van der Waals surface area contributed by atoms with Crippen LogP contribution >= 0.6 is 0 Å². The van der Waals surface area contributed by atoms with E-state index in [1.807, 2.05) is 50.2 Å². The third kappa shape index (κ3) is 4.61. The van der Waals surface area contributed by atoms with Crippen LogP contribution in [-0.2, 0) is 0 Å². The molecule has 5 nitrogen and oxygen atoms in total. The fourth-order valence-electron chi connectivity index (χ4n) is 3.44. The highest BCUT2D eigenvalue weighted by atomic mass is 16.5. The molecule has 5 heteroatoms. The fourth-order valence-corrected chi connectivity index (χ4v) is 3.44. The molecule has 1 aliphatic carbocycles. The van der Waals surface area contributed by atoms with E-state index in [4.69, 9.17) is 4.74 Å². The topological polar surface area (TPSA) is 78.8 Å². The van der Waals surface area contributed by atoms with Crippen LogP contribution in [0.1, 0.15) is 54.9 Å². The summed E-state index contributed by atoms with van der Waals surface area (Å²) in [6.07, 6.45) is 1.07. The van der Waals surface area contributed by atoms with Crippen LogP contribution in [0, 0.1) is 0 Å². The number of nitrogens with one attached hydrogen (secondary N) is 1. The molecular formula is C22H27NO4. The Labute approximate surface area is 160 Å². The fraction of sp³-hybridized carbons (Fsp3) is 0.409. The predicted molar refractivity (Wildman–Crippen MR) is 104 cm³/mol. The molecule has 0 radical (unpaired) electrons. The second kappa shape index (κ2) is 8.44. The van der Waals surface area contributed by atoms with Gasteiger partial charge >= 0.3 is 0 Å². The molecule has 1 aliphatic rings. The normalized spacial score (nSPS) is 22.4. The number of carbonyl (C=O) groups is 1. The van der Waals surface area contributed by atoms with Crippen molar-refractivity contribution in [3.05, 3.63) is 59.7 Å².